The fourth-order valence-electron chi connectivity index (χ4n) is 9.23. The third-order valence-electron chi connectivity index (χ3n) is 11.3. The maximum atomic E-state index is 14.5. The molecule has 4 bridgehead atoms. The number of aromatic nitrogens is 1. The molecule has 38 heavy (non-hydrogen) atoms. The summed E-state index contributed by atoms with van der Waals surface area (Å²) in [5.74, 6) is -1.01. The van der Waals surface area contributed by atoms with Crippen LogP contribution >= 0.6 is 0 Å². The molecular formula is C29H35N3O5S. The zero-order chi connectivity index (χ0) is 26.9. The number of carbonyl (C=O) groups excluding carboxylic acids is 2. The Bertz CT molecular complexity index is 1560. The van der Waals surface area contributed by atoms with Crippen LogP contribution in [0, 0.1) is 16.7 Å². The fraction of sp³-hybridized carbons (Fsp3) is 0.586. The number of ether oxygens (including phenoxy) is 1. The van der Waals surface area contributed by atoms with E-state index in [0.29, 0.717) is 17.9 Å². The van der Waals surface area contributed by atoms with E-state index >= 15 is 0 Å². The maximum Gasteiger partial charge on any atom is 0.316 e. The zero-order valence-corrected chi connectivity index (χ0v) is 23.4. The molecule has 202 valence electrons. The number of sulfonamides is 1. The Morgan fingerprint density at radius 3 is 2.55 bits per heavy atom. The Labute approximate surface area is 223 Å². The van der Waals surface area contributed by atoms with Crippen LogP contribution in [-0.4, -0.2) is 66.1 Å². The second-order valence-electron chi connectivity index (χ2n) is 12.7. The third kappa shape index (κ3) is 2.68. The van der Waals surface area contributed by atoms with Crippen LogP contribution in [0.1, 0.15) is 62.6 Å². The third-order valence-corrected chi connectivity index (χ3v) is 13.2. The van der Waals surface area contributed by atoms with E-state index in [4.69, 9.17) is 4.74 Å². The lowest BCUT2D eigenvalue weighted by Crippen LogP contribution is -2.50. The van der Waals surface area contributed by atoms with E-state index in [0.717, 1.165) is 41.4 Å². The van der Waals surface area contributed by atoms with Gasteiger partial charge in [0.05, 0.1) is 18.9 Å². The minimum atomic E-state index is -3.75. The van der Waals surface area contributed by atoms with E-state index in [1.54, 1.807) is 6.20 Å². The lowest BCUT2D eigenvalue weighted by atomic mass is 9.68. The van der Waals surface area contributed by atoms with Gasteiger partial charge in [-0.15, -0.1) is 0 Å². The van der Waals surface area contributed by atoms with Crippen molar-refractivity contribution in [2.24, 2.45) is 23.8 Å². The van der Waals surface area contributed by atoms with Crippen LogP contribution in [-0.2, 0) is 31.4 Å². The molecule has 5 aliphatic rings. The molecule has 0 N–H and O–H groups in total. The zero-order valence-electron chi connectivity index (χ0n) is 22.6. The smallest absolute Gasteiger partial charge is 0.316 e. The average molecular weight is 538 g/mol. The van der Waals surface area contributed by atoms with Crippen LogP contribution in [0.3, 0.4) is 0 Å². The summed E-state index contributed by atoms with van der Waals surface area (Å²) in [5.41, 5.74) is 2.81. The standard InChI is InChI=1S/C29H35N3O5S/c1-28(2)16-10-11-29(28)15-38(35,36)32(22(29)12-16)26(33)19-14-30(3)21-13-18(19)23-17-8-6-7-9-20(17)31(4)25(23)24(21)27(34)37-5/h6-9,14,16,18,21-22,24H,10-13,15H2,1-5H3/t16-,18-,21-,22-,24-,29-/m1/s1. The van der Waals surface area contributed by atoms with Crippen LogP contribution in [0.15, 0.2) is 36.0 Å². The second kappa shape index (κ2) is 7.43. The molecule has 3 fully saturated rings. The van der Waals surface area contributed by atoms with Gasteiger partial charge in [0, 0.05) is 59.8 Å². The highest BCUT2D eigenvalue weighted by molar-refractivity contribution is 7.90. The van der Waals surface area contributed by atoms with E-state index in [-0.39, 0.29) is 46.5 Å². The Morgan fingerprint density at radius 1 is 1.11 bits per heavy atom. The topological polar surface area (TPSA) is 88.9 Å². The van der Waals surface area contributed by atoms with Crippen LogP contribution in [0.5, 0.6) is 0 Å². The number of methoxy groups -OCH3 is 1. The summed E-state index contributed by atoms with van der Waals surface area (Å²) in [7, 11) is 1.49. The number of benzene rings is 1. The number of carbonyl (C=O) groups is 2. The predicted octanol–water partition coefficient (Wildman–Crippen LogP) is 3.49. The predicted molar refractivity (Wildman–Crippen MR) is 143 cm³/mol. The van der Waals surface area contributed by atoms with Crippen molar-refractivity contribution in [3.05, 3.63) is 47.3 Å². The van der Waals surface area contributed by atoms with E-state index in [2.05, 4.69) is 13.8 Å². The highest BCUT2D eigenvalue weighted by atomic mass is 32.2. The van der Waals surface area contributed by atoms with E-state index in [1.807, 2.05) is 47.8 Å². The lowest BCUT2D eigenvalue weighted by Gasteiger charge is -2.45. The lowest BCUT2D eigenvalue weighted by molar-refractivity contribution is -0.144. The summed E-state index contributed by atoms with van der Waals surface area (Å²) in [5, 5.41) is 0.993. The van der Waals surface area contributed by atoms with Crippen molar-refractivity contribution in [1.82, 2.24) is 13.8 Å². The number of hydrogen-bond acceptors (Lipinski definition) is 6. The van der Waals surface area contributed by atoms with Crippen molar-refractivity contribution >= 4 is 32.8 Å². The number of nitrogens with zero attached hydrogens (tertiary/aromatic N) is 3. The summed E-state index contributed by atoms with van der Waals surface area (Å²) in [4.78, 5) is 29.5. The summed E-state index contributed by atoms with van der Waals surface area (Å²) in [6.45, 7) is 4.39. The molecule has 7 rings (SSSR count). The van der Waals surface area contributed by atoms with Gasteiger partial charge in [-0.3, -0.25) is 9.59 Å². The minimum absolute atomic E-state index is 0.0558. The number of fused-ring (bicyclic) bond motifs is 7. The molecule has 1 aromatic heterocycles. The van der Waals surface area contributed by atoms with Crippen LogP contribution in [0.25, 0.3) is 10.9 Å². The number of para-hydroxylation sites is 1. The number of esters is 1. The maximum absolute atomic E-state index is 14.5. The number of hydrogen-bond donors (Lipinski definition) is 0. The molecule has 2 aliphatic heterocycles. The van der Waals surface area contributed by atoms with Gasteiger partial charge < -0.3 is 14.2 Å². The summed E-state index contributed by atoms with van der Waals surface area (Å²) in [6, 6.07) is 7.51. The number of amides is 1. The van der Waals surface area contributed by atoms with Gasteiger partial charge in [-0.25, -0.2) is 12.7 Å². The van der Waals surface area contributed by atoms with Gasteiger partial charge in [0.1, 0.15) is 5.92 Å². The van der Waals surface area contributed by atoms with Crippen molar-refractivity contribution in [3.63, 3.8) is 0 Å². The van der Waals surface area contributed by atoms with Crippen molar-refractivity contribution in [1.29, 1.82) is 0 Å². The van der Waals surface area contributed by atoms with Crippen LogP contribution < -0.4 is 0 Å². The van der Waals surface area contributed by atoms with Gasteiger partial charge in [-0.1, -0.05) is 32.0 Å². The van der Waals surface area contributed by atoms with E-state index in [9.17, 15) is 18.0 Å². The number of likely N-dealkylation sites (N-methyl/N-ethyl adjacent to an activating group) is 1. The first-order valence-electron chi connectivity index (χ1n) is 13.6. The molecule has 1 aromatic carbocycles. The Balaban J connectivity index is 1.39. The summed E-state index contributed by atoms with van der Waals surface area (Å²) < 4.78 is 36.0. The van der Waals surface area contributed by atoms with Crippen molar-refractivity contribution in [2.45, 2.75) is 63.5 Å². The van der Waals surface area contributed by atoms with Gasteiger partial charge in [0.2, 0.25) is 10.0 Å². The molecule has 9 heteroatoms. The summed E-state index contributed by atoms with van der Waals surface area (Å²) >= 11 is 0. The van der Waals surface area contributed by atoms with Crippen molar-refractivity contribution < 1.29 is 22.7 Å². The quantitative estimate of drug-likeness (QED) is 0.545. The normalized spacial score (nSPS) is 35.7. The monoisotopic (exact) mass is 537 g/mol. The largest absolute Gasteiger partial charge is 0.468 e. The SMILES string of the molecule is COC(=O)[C@H]1c2c(c3ccccc3n2C)[C@@H]2C[C@H]1N(C)C=C2C(=O)N1[C@@H]2C[C@H]3CC[C@]2(CS1(=O)=O)C3(C)C. The van der Waals surface area contributed by atoms with Gasteiger partial charge in [-0.2, -0.15) is 0 Å². The molecule has 2 saturated carbocycles. The minimum Gasteiger partial charge on any atom is -0.468 e. The van der Waals surface area contributed by atoms with E-state index < -0.39 is 15.9 Å². The number of aryl methyl sites for hydroxylation is 1. The molecule has 3 heterocycles. The van der Waals surface area contributed by atoms with Gasteiger partial charge in [0.15, 0.2) is 0 Å². The molecule has 6 atom stereocenters. The fourth-order valence-corrected chi connectivity index (χ4v) is 11.8. The Morgan fingerprint density at radius 2 is 1.84 bits per heavy atom. The van der Waals surface area contributed by atoms with Gasteiger partial charge in [-0.05, 0) is 48.6 Å². The summed E-state index contributed by atoms with van der Waals surface area (Å²) in [6.07, 6.45) is 4.99. The van der Waals surface area contributed by atoms with Crippen molar-refractivity contribution in [2.75, 3.05) is 19.9 Å². The highest BCUT2D eigenvalue weighted by Crippen LogP contribution is 2.70. The molecule has 1 amide bonds. The highest BCUT2D eigenvalue weighted by Gasteiger charge is 2.72. The molecular weight excluding hydrogens is 502 g/mol. The van der Waals surface area contributed by atoms with Crippen LogP contribution in [0.2, 0.25) is 0 Å². The molecule has 0 radical (unpaired) electrons. The number of rotatable bonds is 2. The molecule has 2 aromatic rings. The van der Waals surface area contributed by atoms with Crippen LogP contribution in [0.4, 0.5) is 0 Å². The van der Waals surface area contributed by atoms with Gasteiger partial charge >= 0.3 is 5.97 Å². The molecule has 3 aliphatic carbocycles. The first kappa shape index (κ1) is 24.2. The first-order valence-corrected chi connectivity index (χ1v) is 15.2. The molecule has 1 saturated heterocycles. The molecule has 8 nitrogen and oxygen atoms in total. The van der Waals surface area contributed by atoms with Crippen molar-refractivity contribution in [3.8, 4) is 0 Å². The van der Waals surface area contributed by atoms with Gasteiger partial charge in [0.25, 0.3) is 5.91 Å². The molecule has 0 unspecified atom stereocenters. The second-order valence-corrected chi connectivity index (χ2v) is 14.5. The Kier molecular flexibility index (Phi) is 4.74. The molecule has 1 spiro atoms. The van der Waals surface area contributed by atoms with E-state index in [1.165, 1.54) is 11.4 Å². The first-order chi connectivity index (χ1) is 17.9. The average Bonchev–Trinajstić information content (AvgIpc) is 3.48. The Hall–Kier alpha value is -2.81.